The van der Waals surface area contributed by atoms with E-state index in [1.807, 2.05) is 12.1 Å². The van der Waals surface area contributed by atoms with E-state index in [0.717, 1.165) is 29.7 Å². The molecule has 5 nitrogen and oxygen atoms in total. The van der Waals surface area contributed by atoms with Crippen LogP contribution in [0.2, 0.25) is 0 Å². The Morgan fingerprint density at radius 1 is 1.57 bits per heavy atom. The van der Waals surface area contributed by atoms with Crippen molar-refractivity contribution in [2.45, 2.75) is 19.4 Å². The molecular weight excluding hydrogens is 284 g/mol. The minimum atomic E-state index is -0.0723. The summed E-state index contributed by atoms with van der Waals surface area (Å²) < 4.78 is 0.955. The number of nitrogens with two attached hydrogens (primary N) is 1. The first kappa shape index (κ1) is 14.3. The highest BCUT2D eigenvalue weighted by Gasteiger charge is 2.27. The molecule has 0 spiro atoms. The van der Waals surface area contributed by atoms with Gasteiger partial charge in [0.1, 0.15) is 10.4 Å². The molecule has 3 rings (SSSR count). The number of nitrogen functional groups attached to an aromatic ring is 1. The molecule has 2 aromatic heterocycles. The monoisotopic (exact) mass is 304 g/mol. The van der Waals surface area contributed by atoms with Crippen LogP contribution in [0.25, 0.3) is 10.2 Å². The zero-order valence-electron chi connectivity index (χ0n) is 12.3. The lowest BCUT2D eigenvalue weighted by Crippen LogP contribution is -2.48. The molecule has 1 aliphatic rings. The first-order chi connectivity index (χ1) is 10.1. The Bertz CT molecular complexity index is 669. The molecule has 3 N–H and O–H groups in total. The normalized spacial score (nSPS) is 23.3. The predicted molar refractivity (Wildman–Crippen MR) is 86.6 cm³/mol. The third-order valence-corrected chi connectivity index (χ3v) is 5.27. The molecule has 3 heterocycles. The van der Waals surface area contributed by atoms with Gasteiger partial charge in [0.15, 0.2) is 0 Å². The lowest BCUT2D eigenvalue weighted by atomic mass is 9.94. The number of pyridine rings is 1. The van der Waals surface area contributed by atoms with E-state index < -0.39 is 0 Å². The van der Waals surface area contributed by atoms with Crippen molar-refractivity contribution in [2.75, 3.05) is 25.9 Å². The van der Waals surface area contributed by atoms with Gasteiger partial charge in [-0.25, -0.2) is 0 Å². The summed E-state index contributed by atoms with van der Waals surface area (Å²) in [6.45, 7) is 4.20. The van der Waals surface area contributed by atoms with E-state index >= 15 is 0 Å². The molecule has 2 unspecified atom stereocenters. The predicted octanol–water partition coefficient (Wildman–Crippen LogP) is 1.95. The van der Waals surface area contributed by atoms with Crippen molar-refractivity contribution >= 4 is 33.1 Å². The maximum Gasteiger partial charge on any atom is 0.263 e. The zero-order valence-corrected chi connectivity index (χ0v) is 13.1. The first-order valence-corrected chi connectivity index (χ1v) is 8.00. The fraction of sp³-hybridized carbons (Fsp3) is 0.467. The van der Waals surface area contributed by atoms with E-state index in [9.17, 15) is 4.79 Å². The molecule has 6 heteroatoms. The highest BCUT2D eigenvalue weighted by atomic mass is 32.1. The molecule has 21 heavy (non-hydrogen) atoms. The van der Waals surface area contributed by atoms with Gasteiger partial charge in [0.25, 0.3) is 5.91 Å². The highest BCUT2D eigenvalue weighted by molar-refractivity contribution is 7.21. The number of fused-ring (bicyclic) bond motifs is 1. The van der Waals surface area contributed by atoms with Gasteiger partial charge in [0.05, 0.1) is 10.4 Å². The van der Waals surface area contributed by atoms with Crippen LogP contribution in [0.15, 0.2) is 18.3 Å². The van der Waals surface area contributed by atoms with Crippen LogP contribution in [-0.4, -0.2) is 42.0 Å². The molecule has 2 aromatic rings. The summed E-state index contributed by atoms with van der Waals surface area (Å²) in [4.78, 5) is 19.6. The Morgan fingerprint density at radius 3 is 3.10 bits per heavy atom. The fourth-order valence-electron chi connectivity index (χ4n) is 2.92. The number of anilines is 1. The number of carbonyl (C=O) groups is 1. The van der Waals surface area contributed by atoms with E-state index in [0.29, 0.717) is 16.5 Å². The van der Waals surface area contributed by atoms with Gasteiger partial charge in [-0.3, -0.25) is 9.78 Å². The van der Waals surface area contributed by atoms with E-state index in [1.165, 1.54) is 11.3 Å². The molecule has 112 valence electrons. The summed E-state index contributed by atoms with van der Waals surface area (Å²) in [7, 11) is 2.12. The highest BCUT2D eigenvalue weighted by Crippen LogP contribution is 2.32. The van der Waals surface area contributed by atoms with E-state index in [4.69, 9.17) is 5.73 Å². The number of nitrogens with one attached hydrogen (secondary N) is 1. The maximum atomic E-state index is 12.5. The second-order valence-electron chi connectivity index (χ2n) is 5.80. The molecule has 1 amide bonds. The summed E-state index contributed by atoms with van der Waals surface area (Å²) in [6, 6.07) is 4.02. The zero-order chi connectivity index (χ0) is 15.0. The van der Waals surface area contributed by atoms with Gasteiger partial charge < -0.3 is 16.0 Å². The van der Waals surface area contributed by atoms with Crippen LogP contribution in [0.5, 0.6) is 0 Å². The summed E-state index contributed by atoms with van der Waals surface area (Å²) in [6.07, 6.45) is 2.68. The van der Waals surface area contributed by atoms with Crippen LogP contribution >= 0.6 is 11.3 Å². The van der Waals surface area contributed by atoms with Gasteiger partial charge in [-0.05, 0) is 38.1 Å². The third-order valence-electron chi connectivity index (χ3n) is 4.11. The van der Waals surface area contributed by atoms with Gasteiger partial charge in [0.2, 0.25) is 0 Å². The lowest BCUT2D eigenvalue weighted by molar-refractivity contribution is 0.0889. The van der Waals surface area contributed by atoms with Crippen molar-refractivity contribution in [1.29, 1.82) is 0 Å². The maximum absolute atomic E-state index is 12.5. The summed E-state index contributed by atoms with van der Waals surface area (Å²) in [5, 5.41) is 3.14. The third kappa shape index (κ3) is 2.73. The SMILES string of the molecule is CC1CN(C)CCC1NC(=O)c1sc2cccnc2c1N. The minimum absolute atomic E-state index is 0.0723. The quantitative estimate of drug-likeness (QED) is 0.889. The Balaban J connectivity index is 1.79. The largest absolute Gasteiger partial charge is 0.396 e. The Morgan fingerprint density at radius 2 is 2.38 bits per heavy atom. The fourth-order valence-corrected chi connectivity index (χ4v) is 3.90. The molecular formula is C15H20N4OS. The number of hydrogen-bond acceptors (Lipinski definition) is 5. The van der Waals surface area contributed by atoms with Gasteiger partial charge >= 0.3 is 0 Å². The van der Waals surface area contributed by atoms with Gasteiger partial charge in [0, 0.05) is 18.8 Å². The smallest absolute Gasteiger partial charge is 0.263 e. The number of piperidine rings is 1. The van der Waals surface area contributed by atoms with Crippen LogP contribution in [0.3, 0.4) is 0 Å². The minimum Gasteiger partial charge on any atom is -0.396 e. The molecule has 0 saturated carbocycles. The topological polar surface area (TPSA) is 71.2 Å². The average molecular weight is 304 g/mol. The van der Waals surface area contributed by atoms with Gasteiger partial charge in [-0.2, -0.15) is 0 Å². The van der Waals surface area contributed by atoms with Crippen LogP contribution in [0, 0.1) is 5.92 Å². The number of likely N-dealkylation sites (tertiary alicyclic amines) is 1. The summed E-state index contributed by atoms with van der Waals surface area (Å²) in [5.74, 6) is 0.373. The average Bonchev–Trinajstić information content (AvgIpc) is 2.80. The number of aromatic nitrogens is 1. The molecule has 2 atom stereocenters. The molecule has 0 aliphatic carbocycles. The van der Waals surface area contributed by atoms with E-state index in [-0.39, 0.29) is 11.9 Å². The number of rotatable bonds is 2. The number of carbonyl (C=O) groups excluding carboxylic acids is 1. The second kappa shape index (κ2) is 5.61. The molecule has 0 bridgehead atoms. The molecule has 1 aliphatic heterocycles. The van der Waals surface area contributed by atoms with Crippen LogP contribution < -0.4 is 11.1 Å². The van der Waals surface area contributed by atoms with Crippen molar-refractivity contribution < 1.29 is 4.79 Å². The van der Waals surface area contributed by atoms with Gasteiger partial charge in [-0.15, -0.1) is 11.3 Å². The summed E-state index contributed by atoms with van der Waals surface area (Å²) in [5.41, 5.74) is 7.30. The number of hydrogen-bond donors (Lipinski definition) is 2. The molecule has 0 radical (unpaired) electrons. The number of amides is 1. The molecule has 1 saturated heterocycles. The summed E-state index contributed by atoms with van der Waals surface area (Å²) >= 11 is 1.41. The molecule has 1 fully saturated rings. The van der Waals surface area contributed by atoms with E-state index in [1.54, 1.807) is 6.20 Å². The Labute approximate surface area is 128 Å². The van der Waals surface area contributed by atoms with Gasteiger partial charge in [-0.1, -0.05) is 6.92 Å². The first-order valence-electron chi connectivity index (χ1n) is 7.18. The van der Waals surface area contributed by atoms with Crippen LogP contribution in [0.1, 0.15) is 23.0 Å². The Hall–Kier alpha value is -1.66. The van der Waals surface area contributed by atoms with Crippen molar-refractivity contribution in [3.8, 4) is 0 Å². The number of nitrogens with zero attached hydrogens (tertiary/aromatic N) is 2. The van der Waals surface area contributed by atoms with Crippen molar-refractivity contribution in [3.63, 3.8) is 0 Å². The van der Waals surface area contributed by atoms with Crippen molar-refractivity contribution in [1.82, 2.24) is 15.2 Å². The van der Waals surface area contributed by atoms with Crippen LogP contribution in [0.4, 0.5) is 5.69 Å². The Kier molecular flexibility index (Phi) is 3.82. The number of thiophene rings is 1. The van der Waals surface area contributed by atoms with Crippen LogP contribution in [-0.2, 0) is 0 Å². The molecule has 0 aromatic carbocycles. The van der Waals surface area contributed by atoms with Crippen molar-refractivity contribution in [3.05, 3.63) is 23.2 Å². The lowest BCUT2D eigenvalue weighted by Gasteiger charge is -2.35. The second-order valence-corrected chi connectivity index (χ2v) is 6.86. The standard InChI is InChI=1S/C15H20N4OS/c1-9-8-19(2)7-5-10(9)18-15(20)14-12(16)13-11(21-14)4-3-6-17-13/h3-4,6,9-10H,5,7-8,16H2,1-2H3,(H,18,20). The van der Waals surface area contributed by atoms with Crippen molar-refractivity contribution in [2.24, 2.45) is 5.92 Å². The van der Waals surface area contributed by atoms with E-state index in [2.05, 4.69) is 29.2 Å².